The van der Waals surface area contributed by atoms with Crippen LogP contribution in [0.15, 0.2) is 48.5 Å². The average molecular weight is 951 g/mol. The normalized spacial score (nSPS) is 25.4. The van der Waals surface area contributed by atoms with Gasteiger partial charge in [-0.3, -0.25) is 9.59 Å². The minimum absolute atomic E-state index is 0.209. The third-order valence-electron chi connectivity index (χ3n) is 9.91. The number of rotatable bonds is 14. The lowest BCUT2D eigenvalue weighted by Crippen LogP contribution is -2.64. The van der Waals surface area contributed by atoms with Crippen molar-refractivity contribution in [2.75, 3.05) is 0 Å². The van der Waals surface area contributed by atoms with Gasteiger partial charge in [0.2, 0.25) is 11.6 Å². The number of aliphatic hydroxyl groups excluding tert-OH is 4. The molecule has 0 aliphatic carbocycles. The molecule has 2 fully saturated rings. The summed E-state index contributed by atoms with van der Waals surface area (Å²) in [6, 6.07) is 14.5. The van der Waals surface area contributed by atoms with Gasteiger partial charge in [0.15, 0.2) is 36.4 Å². The zero-order valence-corrected chi connectivity index (χ0v) is 40.6. The van der Waals surface area contributed by atoms with E-state index in [1.165, 1.54) is 0 Å². The van der Waals surface area contributed by atoms with Crippen LogP contribution in [0.25, 0.3) is 22.8 Å². The highest BCUT2D eigenvalue weighted by Gasteiger charge is 2.51. The fourth-order valence-electron chi connectivity index (χ4n) is 6.85. The number of ether oxygens (including phenoxy) is 6. The summed E-state index contributed by atoms with van der Waals surface area (Å²) in [4.78, 5) is 26.1. The fourth-order valence-corrected chi connectivity index (χ4v) is 6.85. The summed E-state index contributed by atoms with van der Waals surface area (Å²) >= 11 is 0. The second-order valence-electron chi connectivity index (χ2n) is 18.9. The number of nitrogens with one attached hydrogen (secondary N) is 2. The smallest absolute Gasteiger partial charge is 0.252 e. The summed E-state index contributed by atoms with van der Waals surface area (Å²) in [7, 11) is 0. The van der Waals surface area contributed by atoms with Crippen LogP contribution in [0.2, 0.25) is 0 Å². The molecule has 372 valence electrons. The van der Waals surface area contributed by atoms with Gasteiger partial charge >= 0.3 is 0 Å². The Kier molecular flexibility index (Phi) is 18.6. The molecule has 4 unspecified atom stereocenters. The molecule has 2 aliphatic rings. The van der Waals surface area contributed by atoms with Gasteiger partial charge in [-0.25, -0.2) is 0 Å². The Morgan fingerprint density at radius 3 is 1.13 bits per heavy atom. The molecule has 6 N–H and O–H groups in total. The third kappa shape index (κ3) is 15.4. The highest BCUT2D eigenvalue weighted by molar-refractivity contribution is 5.82. The van der Waals surface area contributed by atoms with E-state index in [9.17, 15) is 30.0 Å². The number of aliphatic hydroxyl groups is 4. The standard InChI is InChI=1S/2C23H33N5O6/c2*1-12(2)32-22-17(30)16(29)18(34-23(4,5)6)19(33-22)21(31)24-11-14-7-9-15(10-8-14)20-27-25-13(3)26-28-20/h2*7-10,12,16-19,22,29-30H,11H2,1-6H3,(H,24,31)/t2*16-,17?,18+,19?,22-/m11/s1. The molecule has 6 rings (SSSR count). The number of nitrogens with zero attached hydrogens (tertiary/aromatic N) is 8. The van der Waals surface area contributed by atoms with Crippen LogP contribution in [0.4, 0.5) is 0 Å². The molecule has 0 saturated carbocycles. The lowest BCUT2D eigenvalue weighted by Gasteiger charge is -2.44. The number of carbonyl (C=O) groups is 2. The lowest BCUT2D eigenvalue weighted by molar-refractivity contribution is -0.313. The summed E-state index contributed by atoms with van der Waals surface area (Å²) in [5.74, 6) is 0.806. The summed E-state index contributed by atoms with van der Waals surface area (Å²) in [6.45, 7) is 21.7. The molecule has 2 aromatic heterocycles. The van der Waals surface area contributed by atoms with Crippen LogP contribution in [-0.4, -0.2) is 158 Å². The van der Waals surface area contributed by atoms with Crippen molar-refractivity contribution in [3.8, 4) is 22.8 Å². The van der Waals surface area contributed by atoms with Crippen molar-refractivity contribution in [1.29, 1.82) is 0 Å². The van der Waals surface area contributed by atoms with Gasteiger partial charge in [0.05, 0.1) is 23.4 Å². The Morgan fingerprint density at radius 2 is 0.853 bits per heavy atom. The molecule has 0 bridgehead atoms. The number of carbonyl (C=O) groups excluding carboxylic acids is 2. The maximum absolute atomic E-state index is 13.1. The summed E-state index contributed by atoms with van der Waals surface area (Å²) in [6.07, 6.45) is -12.9. The first-order valence-corrected chi connectivity index (χ1v) is 22.4. The monoisotopic (exact) mass is 950 g/mol. The van der Waals surface area contributed by atoms with E-state index in [0.717, 1.165) is 22.3 Å². The predicted octanol–water partition coefficient (Wildman–Crippen LogP) is 1.83. The highest BCUT2D eigenvalue weighted by atomic mass is 16.7. The molecule has 10 atom stereocenters. The van der Waals surface area contributed by atoms with Gasteiger partial charge in [0.25, 0.3) is 11.8 Å². The minimum atomic E-state index is -1.37. The van der Waals surface area contributed by atoms with Crippen LogP contribution in [0.3, 0.4) is 0 Å². The molecule has 2 amide bonds. The molecule has 0 radical (unpaired) electrons. The molecule has 4 heterocycles. The molecule has 2 aromatic carbocycles. The number of aryl methyl sites for hydroxylation is 2. The van der Waals surface area contributed by atoms with Crippen LogP contribution in [0.5, 0.6) is 0 Å². The van der Waals surface area contributed by atoms with Crippen LogP contribution >= 0.6 is 0 Å². The Morgan fingerprint density at radius 1 is 0.544 bits per heavy atom. The molecule has 4 aromatic rings. The highest BCUT2D eigenvalue weighted by Crippen LogP contribution is 2.30. The maximum atomic E-state index is 13.1. The van der Waals surface area contributed by atoms with Crippen molar-refractivity contribution in [3.63, 3.8) is 0 Å². The van der Waals surface area contributed by atoms with E-state index in [4.69, 9.17) is 28.4 Å². The Hall–Kier alpha value is -5.14. The molecule has 0 spiro atoms. The van der Waals surface area contributed by atoms with Crippen LogP contribution in [-0.2, 0) is 51.1 Å². The SMILES string of the molecule is Cc1nnc(-c2ccc(CNC(=O)C3O[C@@H](OC(C)C)C(O)[C@@H](O)[C@@H]3OC(C)(C)C)cc2)nn1.Cc1nnc(-c2ccc(CNC(=O)C3O[C@@H](OC(C)C)C(O)[C@@H](O)[C@@H]3OC(C)(C)C)cc2)nn1. The van der Waals surface area contributed by atoms with E-state index in [1.807, 2.05) is 48.5 Å². The fraction of sp³-hybridized carbons (Fsp3) is 0.609. The van der Waals surface area contributed by atoms with Crippen molar-refractivity contribution in [1.82, 2.24) is 51.4 Å². The Labute approximate surface area is 395 Å². The van der Waals surface area contributed by atoms with Crippen LogP contribution in [0.1, 0.15) is 92.0 Å². The molecule has 2 saturated heterocycles. The van der Waals surface area contributed by atoms with Crippen LogP contribution < -0.4 is 10.6 Å². The lowest BCUT2D eigenvalue weighted by atomic mass is 9.96. The minimum Gasteiger partial charge on any atom is -0.387 e. The zero-order chi connectivity index (χ0) is 50.1. The summed E-state index contributed by atoms with van der Waals surface area (Å²) in [5, 5.41) is 79.6. The first-order valence-electron chi connectivity index (χ1n) is 22.4. The average Bonchev–Trinajstić information content (AvgIpc) is 3.27. The van der Waals surface area contributed by atoms with Gasteiger partial charge in [0.1, 0.15) is 36.6 Å². The number of benzene rings is 2. The quantitative estimate of drug-likeness (QED) is 0.105. The van der Waals surface area contributed by atoms with Gasteiger partial charge < -0.3 is 59.5 Å². The molecule has 68 heavy (non-hydrogen) atoms. The van der Waals surface area contributed by atoms with Gasteiger partial charge in [-0.1, -0.05) is 48.5 Å². The van der Waals surface area contributed by atoms with Gasteiger partial charge in [-0.2, -0.15) is 0 Å². The largest absolute Gasteiger partial charge is 0.387 e. The van der Waals surface area contributed by atoms with E-state index < -0.39 is 84.4 Å². The topological polar surface area (TPSA) is 298 Å². The van der Waals surface area contributed by atoms with E-state index in [0.29, 0.717) is 23.3 Å². The van der Waals surface area contributed by atoms with E-state index in [1.54, 1.807) is 83.1 Å². The number of amides is 2. The number of hydrogen-bond donors (Lipinski definition) is 6. The predicted molar refractivity (Wildman–Crippen MR) is 242 cm³/mol. The van der Waals surface area contributed by atoms with E-state index >= 15 is 0 Å². The molecular formula is C46H66N10O12. The van der Waals surface area contributed by atoms with E-state index in [2.05, 4.69) is 51.4 Å². The first kappa shape index (κ1) is 53.8. The molecule has 22 nitrogen and oxygen atoms in total. The molecule has 22 heteroatoms. The molecular weight excluding hydrogens is 885 g/mol. The van der Waals surface area contributed by atoms with Crippen molar-refractivity contribution in [3.05, 3.63) is 71.3 Å². The van der Waals surface area contributed by atoms with Gasteiger partial charge in [-0.15, -0.1) is 40.8 Å². The van der Waals surface area contributed by atoms with Gasteiger partial charge in [-0.05, 0) is 94.2 Å². The first-order chi connectivity index (χ1) is 31.9. The Balaban J connectivity index is 0.000000254. The third-order valence-corrected chi connectivity index (χ3v) is 9.91. The Bertz CT molecular complexity index is 2050. The van der Waals surface area contributed by atoms with Crippen molar-refractivity contribution in [2.24, 2.45) is 0 Å². The number of aromatic nitrogens is 8. The second kappa shape index (κ2) is 23.4. The summed E-state index contributed by atoms with van der Waals surface area (Å²) in [5.41, 5.74) is 1.77. The van der Waals surface area contributed by atoms with Crippen molar-refractivity contribution in [2.45, 2.75) is 181 Å². The van der Waals surface area contributed by atoms with E-state index in [-0.39, 0.29) is 25.3 Å². The van der Waals surface area contributed by atoms with Crippen molar-refractivity contribution >= 4 is 11.8 Å². The van der Waals surface area contributed by atoms with Crippen molar-refractivity contribution < 1.29 is 58.4 Å². The second-order valence-corrected chi connectivity index (χ2v) is 18.9. The number of hydrogen-bond acceptors (Lipinski definition) is 20. The van der Waals surface area contributed by atoms with Crippen LogP contribution in [0, 0.1) is 13.8 Å². The zero-order valence-electron chi connectivity index (χ0n) is 40.6. The molecule has 2 aliphatic heterocycles. The maximum Gasteiger partial charge on any atom is 0.252 e. The van der Waals surface area contributed by atoms with Gasteiger partial charge in [0, 0.05) is 24.2 Å². The summed E-state index contributed by atoms with van der Waals surface area (Å²) < 4.78 is 34.5.